The molecule has 1 rings (SSSR count). The number of nitrogens with one attached hydrogen (secondary N) is 2. The maximum Gasteiger partial charge on any atom is 0.322 e. The average Bonchev–Trinajstić information content (AvgIpc) is 2.57. The first-order valence-corrected chi connectivity index (χ1v) is 3.68. The van der Waals surface area contributed by atoms with Gasteiger partial charge in [0.1, 0.15) is 0 Å². The largest absolute Gasteiger partial charge is 0.322 e. The van der Waals surface area contributed by atoms with Crippen LogP contribution in [0.2, 0.25) is 0 Å². The Hall–Kier alpha value is -1.96. The Morgan fingerprint density at radius 2 is 2.69 bits per heavy atom. The average molecular weight is 178 g/mol. The fraction of sp³-hybridized carbons (Fsp3) is 0.250. The van der Waals surface area contributed by atoms with Crippen LogP contribution in [0.4, 0.5) is 10.5 Å². The smallest absolute Gasteiger partial charge is 0.316 e. The zero-order valence-corrected chi connectivity index (χ0v) is 7.24. The lowest BCUT2D eigenvalue weighted by Crippen LogP contribution is -2.31. The van der Waals surface area contributed by atoms with Gasteiger partial charge >= 0.3 is 6.03 Å². The molecule has 0 saturated carbocycles. The van der Waals surface area contributed by atoms with E-state index in [0.29, 0.717) is 5.69 Å². The Morgan fingerprint density at radius 1 is 1.92 bits per heavy atom. The van der Waals surface area contributed by atoms with Crippen molar-refractivity contribution in [2.75, 3.05) is 18.9 Å². The van der Waals surface area contributed by atoms with Gasteiger partial charge in [-0.15, -0.1) is 6.42 Å². The molecule has 0 radical (unpaired) electrons. The van der Waals surface area contributed by atoms with Gasteiger partial charge in [0.05, 0.1) is 18.4 Å². The number of terminal acetylenes is 1. The highest BCUT2D eigenvalue weighted by Crippen LogP contribution is 2.01. The molecule has 0 bridgehead atoms. The topological polar surface area (TPSA) is 61.0 Å². The summed E-state index contributed by atoms with van der Waals surface area (Å²) >= 11 is 0. The van der Waals surface area contributed by atoms with E-state index < -0.39 is 0 Å². The molecule has 0 aliphatic heterocycles. The van der Waals surface area contributed by atoms with Gasteiger partial charge in [-0.2, -0.15) is 5.10 Å². The fourth-order valence-electron chi connectivity index (χ4n) is 0.747. The van der Waals surface area contributed by atoms with Gasteiger partial charge in [0, 0.05) is 13.2 Å². The minimum absolute atomic E-state index is 0.251. The van der Waals surface area contributed by atoms with Gasteiger partial charge in [-0.1, -0.05) is 5.92 Å². The van der Waals surface area contributed by atoms with Crippen LogP contribution in [0, 0.1) is 12.3 Å². The number of carbonyl (C=O) groups is 1. The summed E-state index contributed by atoms with van der Waals surface area (Å²) in [6.45, 7) is 0.281. The molecule has 1 aromatic heterocycles. The number of anilines is 1. The van der Waals surface area contributed by atoms with Crippen LogP contribution in [0.5, 0.6) is 0 Å². The third-order valence-corrected chi connectivity index (χ3v) is 1.42. The number of aromatic amines is 1. The molecule has 5 nitrogen and oxygen atoms in total. The van der Waals surface area contributed by atoms with Gasteiger partial charge in [0.25, 0.3) is 0 Å². The molecule has 0 fully saturated rings. The number of nitrogens with zero attached hydrogens (tertiary/aromatic N) is 2. The Bertz CT molecular complexity index is 311. The Balaban J connectivity index is 2.47. The highest BCUT2D eigenvalue weighted by molar-refractivity contribution is 5.88. The zero-order valence-electron chi connectivity index (χ0n) is 7.24. The number of H-pyrrole nitrogens is 1. The third kappa shape index (κ3) is 2.52. The molecule has 0 spiro atoms. The Kier molecular flexibility index (Phi) is 2.92. The van der Waals surface area contributed by atoms with Crippen LogP contribution in [-0.2, 0) is 0 Å². The van der Waals surface area contributed by atoms with Crippen molar-refractivity contribution >= 4 is 11.7 Å². The summed E-state index contributed by atoms with van der Waals surface area (Å²) in [7, 11) is 1.62. The SMILES string of the molecule is C#CCN(C)C(=O)Nc1cn[nH]c1. The van der Waals surface area contributed by atoms with E-state index in [-0.39, 0.29) is 12.6 Å². The van der Waals surface area contributed by atoms with E-state index in [0.717, 1.165) is 0 Å². The van der Waals surface area contributed by atoms with Crippen molar-refractivity contribution in [2.45, 2.75) is 0 Å². The highest BCUT2D eigenvalue weighted by Gasteiger charge is 2.06. The van der Waals surface area contributed by atoms with Crippen LogP contribution in [0.1, 0.15) is 0 Å². The number of amides is 2. The first-order chi connectivity index (χ1) is 6.24. The number of rotatable bonds is 2. The Labute approximate surface area is 76.1 Å². The molecule has 0 atom stereocenters. The molecule has 0 aliphatic carbocycles. The van der Waals surface area contributed by atoms with Gasteiger partial charge in [0.2, 0.25) is 0 Å². The second-order valence-electron chi connectivity index (χ2n) is 2.48. The maximum atomic E-state index is 11.3. The van der Waals surface area contributed by atoms with E-state index in [1.54, 1.807) is 13.2 Å². The van der Waals surface area contributed by atoms with Crippen molar-refractivity contribution in [3.05, 3.63) is 12.4 Å². The van der Waals surface area contributed by atoms with E-state index in [1.165, 1.54) is 11.1 Å². The minimum Gasteiger partial charge on any atom is -0.316 e. The Morgan fingerprint density at radius 3 is 3.23 bits per heavy atom. The quantitative estimate of drug-likeness (QED) is 0.648. The summed E-state index contributed by atoms with van der Waals surface area (Å²) in [5.41, 5.74) is 0.619. The summed E-state index contributed by atoms with van der Waals surface area (Å²) in [4.78, 5) is 12.7. The molecule has 1 aromatic rings. The monoisotopic (exact) mass is 178 g/mol. The molecule has 0 aromatic carbocycles. The predicted octanol–water partition coefficient (Wildman–Crippen LogP) is 0.507. The summed E-state index contributed by atoms with van der Waals surface area (Å²) in [6, 6.07) is -0.251. The summed E-state index contributed by atoms with van der Waals surface area (Å²) < 4.78 is 0. The first kappa shape index (κ1) is 9.13. The normalized spacial score (nSPS) is 8.92. The van der Waals surface area contributed by atoms with E-state index in [9.17, 15) is 4.79 Å². The van der Waals surface area contributed by atoms with Gasteiger partial charge in [-0.3, -0.25) is 5.10 Å². The molecule has 13 heavy (non-hydrogen) atoms. The lowest BCUT2D eigenvalue weighted by molar-refractivity contribution is 0.227. The molecule has 0 saturated heterocycles. The maximum absolute atomic E-state index is 11.3. The molecule has 0 unspecified atom stereocenters. The summed E-state index contributed by atoms with van der Waals surface area (Å²) in [5, 5.41) is 8.87. The molecular weight excluding hydrogens is 168 g/mol. The molecule has 0 aliphatic rings. The molecule has 2 N–H and O–H groups in total. The molecule has 5 heteroatoms. The number of hydrogen-bond donors (Lipinski definition) is 2. The lowest BCUT2D eigenvalue weighted by Gasteiger charge is -2.13. The van der Waals surface area contributed by atoms with Crippen molar-refractivity contribution in [1.29, 1.82) is 0 Å². The zero-order chi connectivity index (χ0) is 9.68. The molecular formula is C8H10N4O. The van der Waals surface area contributed by atoms with Gasteiger partial charge in [0.15, 0.2) is 0 Å². The van der Waals surface area contributed by atoms with Gasteiger partial charge in [-0.05, 0) is 0 Å². The minimum atomic E-state index is -0.251. The molecule has 68 valence electrons. The molecule has 1 heterocycles. The van der Waals surface area contributed by atoms with Crippen LogP contribution < -0.4 is 5.32 Å². The highest BCUT2D eigenvalue weighted by atomic mass is 16.2. The number of hydrogen-bond acceptors (Lipinski definition) is 2. The predicted molar refractivity (Wildman–Crippen MR) is 49.1 cm³/mol. The van der Waals surface area contributed by atoms with E-state index in [2.05, 4.69) is 21.4 Å². The van der Waals surface area contributed by atoms with Crippen molar-refractivity contribution in [1.82, 2.24) is 15.1 Å². The fourth-order valence-corrected chi connectivity index (χ4v) is 0.747. The third-order valence-electron chi connectivity index (χ3n) is 1.42. The number of carbonyl (C=O) groups excluding carboxylic acids is 1. The van der Waals surface area contributed by atoms with Crippen LogP contribution in [0.15, 0.2) is 12.4 Å². The van der Waals surface area contributed by atoms with Crippen molar-refractivity contribution in [3.63, 3.8) is 0 Å². The second kappa shape index (κ2) is 4.16. The van der Waals surface area contributed by atoms with E-state index in [4.69, 9.17) is 6.42 Å². The standard InChI is InChI=1S/C8H10N4O/c1-3-4-12(2)8(13)11-7-5-9-10-6-7/h1,5-6H,4H2,2H3,(H,9,10)(H,11,13). The van der Waals surface area contributed by atoms with Crippen LogP contribution in [0.25, 0.3) is 0 Å². The second-order valence-corrected chi connectivity index (χ2v) is 2.48. The van der Waals surface area contributed by atoms with Crippen molar-refractivity contribution in [3.8, 4) is 12.3 Å². The van der Waals surface area contributed by atoms with Crippen LogP contribution in [0.3, 0.4) is 0 Å². The lowest BCUT2D eigenvalue weighted by atomic mass is 10.5. The summed E-state index contributed by atoms with van der Waals surface area (Å²) in [5.74, 6) is 2.37. The number of urea groups is 1. The van der Waals surface area contributed by atoms with E-state index in [1.807, 2.05) is 0 Å². The van der Waals surface area contributed by atoms with E-state index >= 15 is 0 Å². The molecule has 2 amide bonds. The van der Waals surface area contributed by atoms with Crippen molar-refractivity contribution < 1.29 is 4.79 Å². The van der Waals surface area contributed by atoms with Gasteiger partial charge in [-0.25, -0.2) is 4.79 Å². The van der Waals surface area contributed by atoms with Crippen molar-refractivity contribution in [2.24, 2.45) is 0 Å². The van der Waals surface area contributed by atoms with Crippen LogP contribution in [-0.4, -0.2) is 34.7 Å². The van der Waals surface area contributed by atoms with Crippen LogP contribution >= 0.6 is 0 Å². The first-order valence-electron chi connectivity index (χ1n) is 3.68. The van der Waals surface area contributed by atoms with Gasteiger partial charge < -0.3 is 10.2 Å². The number of aromatic nitrogens is 2. The summed E-state index contributed by atoms with van der Waals surface area (Å²) in [6.07, 6.45) is 8.15.